The number of rotatable bonds is 6. The van der Waals surface area contributed by atoms with Crippen LogP contribution in [-0.2, 0) is 21.1 Å². The summed E-state index contributed by atoms with van der Waals surface area (Å²) in [5.41, 5.74) is -4.32. The molecule has 12 heteroatoms. The lowest BCUT2D eigenvalue weighted by Crippen LogP contribution is -2.53. The molecule has 1 saturated carbocycles. The molecule has 196 valence electrons. The average molecular weight is 532 g/mol. The number of likely N-dealkylation sites (tertiary alicyclic amines) is 1. The molecule has 5 atom stereocenters. The third-order valence-corrected chi connectivity index (χ3v) is 8.17. The molecule has 1 unspecified atom stereocenters. The number of nitrogens with one attached hydrogen (secondary N) is 2. The molecule has 2 aromatic rings. The molecule has 4 rings (SSSR count). The summed E-state index contributed by atoms with van der Waals surface area (Å²) in [5, 5.41) is 9.95. The second-order valence-corrected chi connectivity index (χ2v) is 11.2. The Kier molecular flexibility index (Phi) is 7.15. The Balaban J connectivity index is 1.68. The van der Waals surface area contributed by atoms with E-state index in [9.17, 15) is 31.7 Å². The number of hydrogen-bond donors (Lipinski definition) is 3. The van der Waals surface area contributed by atoms with Gasteiger partial charge in [0.1, 0.15) is 11.6 Å². The fraction of sp³-hybridized carbons (Fsp3) is 0.458. The number of carbonyl (C=O) groups excluding carboxylic acids is 1. The molecule has 2 aromatic carbocycles. The largest absolute Gasteiger partial charge is 0.492 e. The molecule has 2 fully saturated rings. The molecule has 2 aliphatic rings. The summed E-state index contributed by atoms with van der Waals surface area (Å²) in [6.07, 6.45) is -0.281. The van der Waals surface area contributed by atoms with Gasteiger partial charge in [-0.3, -0.25) is 4.79 Å². The van der Waals surface area contributed by atoms with Gasteiger partial charge in [-0.2, -0.15) is 13.2 Å². The van der Waals surface area contributed by atoms with Gasteiger partial charge in [0.25, 0.3) is 0 Å². The normalized spacial score (nSPS) is 25.9. The van der Waals surface area contributed by atoms with E-state index in [0.29, 0.717) is 18.4 Å². The molecule has 36 heavy (non-hydrogen) atoms. The van der Waals surface area contributed by atoms with Gasteiger partial charge in [0.05, 0.1) is 18.1 Å². The first kappa shape index (κ1) is 26.5. The van der Waals surface area contributed by atoms with Gasteiger partial charge in [-0.25, -0.2) is 22.5 Å². The van der Waals surface area contributed by atoms with E-state index in [1.54, 1.807) is 13.0 Å². The van der Waals surface area contributed by atoms with E-state index < -0.39 is 57.1 Å². The highest BCUT2D eigenvalue weighted by atomic mass is 32.2. The number of carbonyl (C=O) groups is 1. The van der Waals surface area contributed by atoms with Crippen molar-refractivity contribution < 1.29 is 36.1 Å². The highest BCUT2D eigenvalue weighted by molar-refractivity contribution is 7.91. The zero-order valence-electron chi connectivity index (χ0n) is 19.3. The molecule has 1 heterocycles. The van der Waals surface area contributed by atoms with Crippen LogP contribution in [0.5, 0.6) is 0 Å². The third-order valence-electron chi connectivity index (χ3n) is 6.89. The Hall–Kier alpha value is -2.57. The van der Waals surface area contributed by atoms with E-state index in [0.717, 1.165) is 0 Å². The Labute approximate surface area is 205 Å². The SMILES string of the molecule is Cc1cc(F)cc(-c2cccc(C[C@H]3[C@@H](NS(=N)(=O)C(F)(F)F)CCN3C(=O)[C@@H]3CC[C@H]3O)c2F)c1. The van der Waals surface area contributed by atoms with Gasteiger partial charge in [-0.1, -0.05) is 24.3 Å². The lowest BCUT2D eigenvalue weighted by atomic mass is 9.80. The second kappa shape index (κ2) is 9.71. The number of hydrogen-bond acceptors (Lipinski definition) is 4. The van der Waals surface area contributed by atoms with E-state index in [1.165, 1.54) is 35.2 Å². The molecular weight excluding hydrogens is 505 g/mol. The number of aliphatic hydroxyl groups excluding tert-OH is 1. The van der Waals surface area contributed by atoms with Crippen molar-refractivity contribution in [2.75, 3.05) is 6.54 Å². The molecule has 0 spiro atoms. The standard InChI is InChI=1S/C24H26F5N3O3S/c1-13-9-15(11-16(25)10-13)17-4-2-3-14(22(17)26)12-20-19(31-36(30,35)24(27,28)29)7-8-32(20)23(34)18-5-6-21(18)33/h2-4,9-11,18-21,33H,5-8,12H2,1H3,(H2,30,31,35)/t18-,19+,20+,21-,36?/m1/s1. The van der Waals surface area contributed by atoms with Crippen LogP contribution in [0.1, 0.15) is 30.4 Å². The summed E-state index contributed by atoms with van der Waals surface area (Å²) in [7, 11) is -5.22. The van der Waals surface area contributed by atoms with Gasteiger partial charge in [-0.15, -0.1) is 0 Å². The third kappa shape index (κ3) is 5.12. The van der Waals surface area contributed by atoms with Crippen LogP contribution in [0.3, 0.4) is 0 Å². The summed E-state index contributed by atoms with van der Waals surface area (Å²) in [4.78, 5) is 14.3. The van der Waals surface area contributed by atoms with Crippen LogP contribution in [0.4, 0.5) is 22.0 Å². The van der Waals surface area contributed by atoms with Crippen molar-refractivity contribution >= 4 is 15.8 Å². The van der Waals surface area contributed by atoms with Gasteiger partial charge in [-0.05, 0) is 61.4 Å². The molecule has 0 aromatic heterocycles. The van der Waals surface area contributed by atoms with Crippen LogP contribution >= 0.6 is 0 Å². The number of nitrogens with zero attached hydrogens (tertiary/aromatic N) is 1. The number of aliphatic hydroxyl groups is 1. The maximum atomic E-state index is 15.6. The number of benzene rings is 2. The minimum absolute atomic E-state index is 0.00215. The van der Waals surface area contributed by atoms with E-state index in [2.05, 4.69) is 0 Å². The van der Waals surface area contributed by atoms with Crippen LogP contribution in [0.15, 0.2) is 36.4 Å². The molecule has 1 aliphatic carbocycles. The van der Waals surface area contributed by atoms with E-state index in [-0.39, 0.29) is 36.1 Å². The van der Waals surface area contributed by atoms with Gasteiger partial charge < -0.3 is 10.0 Å². The topological polar surface area (TPSA) is 93.5 Å². The zero-order valence-corrected chi connectivity index (χ0v) is 20.1. The van der Waals surface area contributed by atoms with Crippen molar-refractivity contribution in [3.05, 3.63) is 59.2 Å². The second-order valence-electron chi connectivity index (χ2n) is 9.37. The molecule has 1 aliphatic heterocycles. The van der Waals surface area contributed by atoms with Crippen molar-refractivity contribution in [3.63, 3.8) is 0 Å². The molecule has 0 bridgehead atoms. The quantitative estimate of drug-likeness (QED) is 0.486. The van der Waals surface area contributed by atoms with E-state index >= 15 is 4.39 Å². The fourth-order valence-electron chi connectivity index (χ4n) is 4.86. The fourth-order valence-corrected chi connectivity index (χ4v) is 5.69. The van der Waals surface area contributed by atoms with Crippen LogP contribution in [0, 0.1) is 29.3 Å². The van der Waals surface area contributed by atoms with Crippen LogP contribution in [0.25, 0.3) is 11.1 Å². The summed E-state index contributed by atoms with van der Waals surface area (Å²) >= 11 is 0. The Morgan fingerprint density at radius 1 is 1.19 bits per heavy atom. The minimum Gasteiger partial charge on any atom is -0.392 e. The summed E-state index contributed by atoms with van der Waals surface area (Å²) < 4.78 is 90.3. The first-order chi connectivity index (χ1) is 16.8. The zero-order chi connectivity index (χ0) is 26.4. The predicted octanol–water partition coefficient (Wildman–Crippen LogP) is 4.29. The highest BCUT2D eigenvalue weighted by Crippen LogP contribution is 2.35. The van der Waals surface area contributed by atoms with Crippen LogP contribution < -0.4 is 4.72 Å². The Morgan fingerprint density at radius 3 is 2.50 bits per heavy atom. The average Bonchev–Trinajstić information content (AvgIpc) is 3.14. The van der Waals surface area contributed by atoms with Crippen molar-refractivity contribution in [2.24, 2.45) is 5.92 Å². The maximum absolute atomic E-state index is 15.6. The summed E-state index contributed by atoms with van der Waals surface area (Å²) in [6.45, 7) is 1.66. The monoisotopic (exact) mass is 531 g/mol. The summed E-state index contributed by atoms with van der Waals surface area (Å²) in [5.74, 6) is -2.45. The first-order valence-corrected chi connectivity index (χ1v) is 13.0. The predicted molar refractivity (Wildman–Crippen MR) is 123 cm³/mol. The number of alkyl halides is 3. The number of amides is 1. The van der Waals surface area contributed by atoms with Gasteiger partial charge in [0.15, 0.2) is 0 Å². The van der Waals surface area contributed by atoms with Crippen molar-refractivity contribution in [3.8, 4) is 11.1 Å². The molecular formula is C24H26F5N3O3S. The summed E-state index contributed by atoms with van der Waals surface area (Å²) in [6, 6.07) is 6.21. The smallest absolute Gasteiger partial charge is 0.392 e. The number of halogens is 5. The van der Waals surface area contributed by atoms with Gasteiger partial charge >= 0.3 is 5.51 Å². The van der Waals surface area contributed by atoms with Crippen LogP contribution in [-0.4, -0.2) is 50.4 Å². The molecule has 1 amide bonds. The van der Waals surface area contributed by atoms with Gasteiger partial charge in [0, 0.05) is 18.2 Å². The molecule has 1 saturated heterocycles. The van der Waals surface area contributed by atoms with Crippen molar-refractivity contribution in [2.45, 2.75) is 56.3 Å². The first-order valence-electron chi connectivity index (χ1n) is 11.4. The van der Waals surface area contributed by atoms with Crippen LogP contribution in [0.2, 0.25) is 0 Å². The van der Waals surface area contributed by atoms with Crippen molar-refractivity contribution in [1.29, 1.82) is 4.78 Å². The van der Waals surface area contributed by atoms with E-state index in [1.807, 2.05) is 4.72 Å². The highest BCUT2D eigenvalue weighted by Gasteiger charge is 2.49. The van der Waals surface area contributed by atoms with Crippen molar-refractivity contribution in [1.82, 2.24) is 9.62 Å². The Morgan fingerprint density at radius 2 is 1.92 bits per heavy atom. The Bertz CT molecular complexity index is 1250. The number of aryl methyl sites for hydroxylation is 1. The lowest BCUT2D eigenvalue weighted by molar-refractivity contribution is -0.146. The molecule has 6 nitrogen and oxygen atoms in total. The lowest BCUT2D eigenvalue weighted by Gasteiger charge is -2.37. The molecule has 3 N–H and O–H groups in total. The van der Waals surface area contributed by atoms with Gasteiger partial charge in [0.2, 0.25) is 15.8 Å². The molecule has 0 radical (unpaired) electrons. The van der Waals surface area contributed by atoms with E-state index in [4.69, 9.17) is 4.78 Å². The minimum atomic E-state index is -5.33. The maximum Gasteiger partial charge on any atom is 0.492 e.